The SMILES string of the molecule is COc1cc(C#N)ccc1C(O)c1nccc(Br)n1. The monoisotopic (exact) mass is 319 g/mol. The van der Waals surface area contributed by atoms with Gasteiger partial charge in [-0.25, -0.2) is 9.97 Å². The lowest BCUT2D eigenvalue weighted by Gasteiger charge is -2.13. The molecule has 96 valence electrons. The standard InChI is InChI=1S/C13H10BrN3O2/c1-19-10-6-8(7-15)2-3-9(10)12(18)13-16-5-4-11(14)17-13/h2-6,12,18H,1H3. The van der Waals surface area contributed by atoms with Crippen molar-refractivity contribution in [2.75, 3.05) is 7.11 Å². The average Bonchev–Trinajstić information content (AvgIpc) is 2.45. The van der Waals surface area contributed by atoms with Crippen LogP contribution in [0, 0.1) is 11.3 Å². The lowest BCUT2D eigenvalue weighted by molar-refractivity contribution is 0.204. The molecule has 0 fully saturated rings. The molecule has 0 bridgehead atoms. The molecule has 2 aromatic rings. The van der Waals surface area contributed by atoms with Crippen LogP contribution in [0.3, 0.4) is 0 Å². The largest absolute Gasteiger partial charge is 0.496 e. The molecule has 0 radical (unpaired) electrons. The van der Waals surface area contributed by atoms with Crippen molar-refractivity contribution >= 4 is 15.9 Å². The molecule has 2 rings (SSSR count). The predicted octanol–water partition coefficient (Wildman–Crippen LogP) is 2.20. The van der Waals surface area contributed by atoms with Crippen molar-refractivity contribution in [1.82, 2.24) is 9.97 Å². The summed E-state index contributed by atoms with van der Waals surface area (Å²) in [6.07, 6.45) is 0.534. The minimum atomic E-state index is -1.01. The number of aliphatic hydroxyl groups excluding tert-OH is 1. The van der Waals surface area contributed by atoms with E-state index < -0.39 is 6.10 Å². The summed E-state index contributed by atoms with van der Waals surface area (Å²) in [4.78, 5) is 8.12. The fourth-order valence-electron chi connectivity index (χ4n) is 1.63. The predicted molar refractivity (Wildman–Crippen MR) is 71.5 cm³/mol. The van der Waals surface area contributed by atoms with Gasteiger partial charge in [0.15, 0.2) is 5.82 Å². The number of methoxy groups -OCH3 is 1. The van der Waals surface area contributed by atoms with Gasteiger partial charge in [0.2, 0.25) is 0 Å². The summed E-state index contributed by atoms with van der Waals surface area (Å²) in [5.74, 6) is 0.688. The molecule has 1 atom stereocenters. The van der Waals surface area contributed by atoms with E-state index in [9.17, 15) is 5.11 Å². The van der Waals surface area contributed by atoms with Crippen LogP contribution in [0.4, 0.5) is 0 Å². The van der Waals surface area contributed by atoms with Crippen LogP contribution in [0.1, 0.15) is 23.1 Å². The number of aromatic nitrogens is 2. The third kappa shape index (κ3) is 2.89. The summed E-state index contributed by atoms with van der Waals surface area (Å²) in [6, 6.07) is 8.50. The van der Waals surface area contributed by atoms with Crippen molar-refractivity contribution in [2.24, 2.45) is 0 Å². The second-order valence-corrected chi connectivity index (χ2v) is 4.52. The number of ether oxygens (including phenoxy) is 1. The van der Waals surface area contributed by atoms with Crippen LogP contribution in [-0.2, 0) is 0 Å². The van der Waals surface area contributed by atoms with Gasteiger partial charge in [-0.3, -0.25) is 0 Å². The first-order chi connectivity index (χ1) is 9.15. The number of nitrogens with zero attached hydrogens (tertiary/aromatic N) is 3. The molecule has 0 saturated carbocycles. The Morgan fingerprint density at radius 2 is 2.21 bits per heavy atom. The molecule has 19 heavy (non-hydrogen) atoms. The van der Waals surface area contributed by atoms with Gasteiger partial charge in [-0.1, -0.05) is 6.07 Å². The van der Waals surface area contributed by atoms with E-state index in [1.54, 1.807) is 30.5 Å². The van der Waals surface area contributed by atoms with Crippen LogP contribution in [0.5, 0.6) is 5.75 Å². The molecule has 0 saturated heterocycles. The van der Waals surface area contributed by atoms with Gasteiger partial charge in [-0.15, -0.1) is 0 Å². The molecule has 0 amide bonds. The van der Waals surface area contributed by atoms with Crippen LogP contribution in [0.15, 0.2) is 35.1 Å². The first-order valence-electron chi connectivity index (χ1n) is 5.40. The van der Waals surface area contributed by atoms with E-state index in [2.05, 4.69) is 25.9 Å². The van der Waals surface area contributed by atoms with Crippen molar-refractivity contribution in [3.05, 3.63) is 52.0 Å². The van der Waals surface area contributed by atoms with Crippen LogP contribution in [-0.4, -0.2) is 22.2 Å². The van der Waals surface area contributed by atoms with E-state index in [1.807, 2.05) is 6.07 Å². The fraction of sp³-hybridized carbons (Fsp3) is 0.154. The fourth-order valence-corrected chi connectivity index (χ4v) is 1.93. The Morgan fingerprint density at radius 1 is 1.42 bits per heavy atom. The van der Waals surface area contributed by atoms with E-state index in [1.165, 1.54) is 7.11 Å². The molecular formula is C13H10BrN3O2. The zero-order chi connectivity index (χ0) is 13.8. The van der Waals surface area contributed by atoms with Crippen LogP contribution in [0.2, 0.25) is 0 Å². The third-order valence-corrected chi connectivity index (χ3v) is 2.98. The zero-order valence-electron chi connectivity index (χ0n) is 10.0. The summed E-state index contributed by atoms with van der Waals surface area (Å²) < 4.78 is 5.77. The van der Waals surface area contributed by atoms with Crippen molar-refractivity contribution in [3.63, 3.8) is 0 Å². The Hall–Kier alpha value is -1.97. The first kappa shape index (κ1) is 13.5. The van der Waals surface area contributed by atoms with Gasteiger partial charge in [0, 0.05) is 11.8 Å². The number of rotatable bonds is 3. The molecule has 0 spiro atoms. The van der Waals surface area contributed by atoms with E-state index in [0.717, 1.165) is 0 Å². The van der Waals surface area contributed by atoms with E-state index in [4.69, 9.17) is 10.00 Å². The first-order valence-corrected chi connectivity index (χ1v) is 6.19. The minimum absolute atomic E-state index is 0.261. The quantitative estimate of drug-likeness (QED) is 0.877. The van der Waals surface area contributed by atoms with Gasteiger partial charge in [-0.2, -0.15) is 5.26 Å². The molecule has 1 aromatic carbocycles. The summed E-state index contributed by atoms with van der Waals surface area (Å²) in [6.45, 7) is 0. The van der Waals surface area contributed by atoms with Crippen molar-refractivity contribution in [3.8, 4) is 11.8 Å². The highest BCUT2D eigenvalue weighted by molar-refractivity contribution is 9.10. The Kier molecular flexibility index (Phi) is 4.10. The van der Waals surface area contributed by atoms with Gasteiger partial charge < -0.3 is 9.84 Å². The van der Waals surface area contributed by atoms with E-state index in [-0.39, 0.29) is 5.82 Å². The molecule has 1 unspecified atom stereocenters. The van der Waals surface area contributed by atoms with Crippen molar-refractivity contribution < 1.29 is 9.84 Å². The van der Waals surface area contributed by atoms with E-state index in [0.29, 0.717) is 21.5 Å². The molecule has 5 nitrogen and oxygen atoms in total. The zero-order valence-corrected chi connectivity index (χ0v) is 11.6. The van der Waals surface area contributed by atoms with Gasteiger partial charge in [-0.05, 0) is 34.1 Å². The third-order valence-electron chi connectivity index (χ3n) is 2.54. The van der Waals surface area contributed by atoms with Crippen LogP contribution in [0.25, 0.3) is 0 Å². The second-order valence-electron chi connectivity index (χ2n) is 3.71. The number of halogens is 1. The Bertz CT molecular complexity index is 640. The summed E-state index contributed by atoms with van der Waals surface area (Å²) in [7, 11) is 1.48. The Balaban J connectivity index is 2.44. The number of nitriles is 1. The number of aliphatic hydroxyl groups is 1. The van der Waals surface area contributed by atoms with Crippen molar-refractivity contribution in [2.45, 2.75) is 6.10 Å². The molecule has 0 aliphatic carbocycles. The maximum absolute atomic E-state index is 10.3. The van der Waals surface area contributed by atoms with Gasteiger partial charge >= 0.3 is 0 Å². The van der Waals surface area contributed by atoms with E-state index >= 15 is 0 Å². The Morgan fingerprint density at radius 3 is 2.84 bits per heavy atom. The number of benzene rings is 1. The topological polar surface area (TPSA) is 79.0 Å². The Labute approximate surface area is 118 Å². The molecular weight excluding hydrogens is 310 g/mol. The molecule has 1 heterocycles. The number of hydrogen-bond acceptors (Lipinski definition) is 5. The van der Waals surface area contributed by atoms with Crippen molar-refractivity contribution in [1.29, 1.82) is 5.26 Å². The summed E-state index contributed by atoms with van der Waals surface area (Å²) in [5.41, 5.74) is 0.975. The highest BCUT2D eigenvalue weighted by atomic mass is 79.9. The maximum atomic E-state index is 10.3. The molecule has 0 aliphatic rings. The highest BCUT2D eigenvalue weighted by Crippen LogP contribution is 2.29. The maximum Gasteiger partial charge on any atom is 0.162 e. The van der Waals surface area contributed by atoms with Gasteiger partial charge in [0.05, 0.1) is 18.7 Å². The highest BCUT2D eigenvalue weighted by Gasteiger charge is 2.18. The normalized spacial score (nSPS) is 11.7. The molecule has 0 aliphatic heterocycles. The second kappa shape index (κ2) is 5.78. The summed E-state index contributed by atoms with van der Waals surface area (Å²) in [5, 5.41) is 19.1. The molecule has 1 N–H and O–H groups in total. The van der Waals surface area contributed by atoms with Crippen LogP contribution >= 0.6 is 15.9 Å². The molecule has 6 heteroatoms. The lowest BCUT2D eigenvalue weighted by atomic mass is 10.1. The molecule has 1 aromatic heterocycles. The summed E-state index contributed by atoms with van der Waals surface area (Å²) >= 11 is 3.22. The smallest absolute Gasteiger partial charge is 0.162 e. The van der Waals surface area contributed by atoms with Crippen LogP contribution < -0.4 is 4.74 Å². The lowest BCUT2D eigenvalue weighted by Crippen LogP contribution is -2.07. The minimum Gasteiger partial charge on any atom is -0.496 e. The van der Waals surface area contributed by atoms with Gasteiger partial charge in [0.1, 0.15) is 16.5 Å². The average molecular weight is 320 g/mol. The number of hydrogen-bond donors (Lipinski definition) is 1. The van der Waals surface area contributed by atoms with Gasteiger partial charge in [0.25, 0.3) is 0 Å².